The van der Waals surface area contributed by atoms with Gasteiger partial charge in [-0.2, -0.15) is 0 Å². The van der Waals surface area contributed by atoms with E-state index >= 15 is 0 Å². The van der Waals surface area contributed by atoms with Crippen molar-refractivity contribution in [3.8, 4) is 5.75 Å². The molecule has 1 saturated heterocycles. The first kappa shape index (κ1) is 13.8. The molecule has 0 spiro atoms. The van der Waals surface area contributed by atoms with Crippen LogP contribution in [0, 0.1) is 0 Å². The number of methoxy groups -OCH3 is 1. The summed E-state index contributed by atoms with van der Waals surface area (Å²) in [5, 5.41) is 2.85. The van der Waals surface area contributed by atoms with E-state index in [1.807, 2.05) is 24.3 Å². The number of benzene rings is 1. The summed E-state index contributed by atoms with van der Waals surface area (Å²) >= 11 is 0. The number of amides is 1. The van der Waals surface area contributed by atoms with Gasteiger partial charge in [0.05, 0.1) is 39.5 Å². The van der Waals surface area contributed by atoms with Crippen molar-refractivity contribution in [1.82, 2.24) is 5.32 Å². The van der Waals surface area contributed by atoms with E-state index in [1.165, 1.54) is 0 Å². The summed E-state index contributed by atoms with van der Waals surface area (Å²) in [7, 11) is 1.60. The van der Waals surface area contributed by atoms with Crippen LogP contribution in [0.5, 0.6) is 5.75 Å². The second kappa shape index (κ2) is 7.11. The molecule has 0 unspecified atom stereocenters. The molecule has 0 aromatic heterocycles. The van der Waals surface area contributed by atoms with Gasteiger partial charge in [-0.3, -0.25) is 4.79 Å². The summed E-state index contributed by atoms with van der Waals surface area (Å²) < 4.78 is 15.9. The van der Waals surface area contributed by atoms with Crippen LogP contribution in [0.15, 0.2) is 24.3 Å². The van der Waals surface area contributed by atoms with Crippen molar-refractivity contribution in [2.24, 2.45) is 0 Å². The maximum atomic E-state index is 11.9. The van der Waals surface area contributed by atoms with Crippen LogP contribution < -0.4 is 10.1 Å². The molecule has 104 valence electrons. The number of rotatable bonds is 5. The van der Waals surface area contributed by atoms with Crippen molar-refractivity contribution in [2.45, 2.75) is 12.5 Å². The van der Waals surface area contributed by atoms with E-state index in [0.29, 0.717) is 32.8 Å². The molecule has 1 aliphatic rings. The molecule has 1 N–H and O–H groups in total. The molecule has 0 saturated carbocycles. The first-order valence-electron chi connectivity index (χ1n) is 6.37. The Kier molecular flexibility index (Phi) is 5.18. The van der Waals surface area contributed by atoms with E-state index in [1.54, 1.807) is 7.11 Å². The topological polar surface area (TPSA) is 56.8 Å². The molecule has 5 heteroatoms. The van der Waals surface area contributed by atoms with Crippen molar-refractivity contribution in [2.75, 3.05) is 33.5 Å². The van der Waals surface area contributed by atoms with Gasteiger partial charge < -0.3 is 19.5 Å². The summed E-state index contributed by atoms with van der Waals surface area (Å²) in [6, 6.07) is 7.51. The number of hydrogen-bond acceptors (Lipinski definition) is 4. The molecule has 1 aromatic carbocycles. The minimum Gasteiger partial charge on any atom is -0.496 e. The monoisotopic (exact) mass is 265 g/mol. The summed E-state index contributed by atoms with van der Waals surface area (Å²) in [5.41, 5.74) is 0.878. The number of nitrogens with one attached hydrogen (secondary N) is 1. The predicted octanol–water partition coefficient (Wildman–Crippen LogP) is 0.769. The van der Waals surface area contributed by atoms with E-state index in [4.69, 9.17) is 14.2 Å². The van der Waals surface area contributed by atoms with E-state index in [2.05, 4.69) is 5.32 Å². The fraction of sp³-hybridized carbons (Fsp3) is 0.500. The Morgan fingerprint density at radius 3 is 3.00 bits per heavy atom. The van der Waals surface area contributed by atoms with Gasteiger partial charge in [-0.25, -0.2) is 0 Å². The third-order valence-electron chi connectivity index (χ3n) is 2.96. The van der Waals surface area contributed by atoms with Crippen LogP contribution in [-0.2, 0) is 20.7 Å². The molecule has 0 radical (unpaired) electrons. The Hall–Kier alpha value is -1.59. The van der Waals surface area contributed by atoms with Crippen molar-refractivity contribution in [3.63, 3.8) is 0 Å². The van der Waals surface area contributed by atoms with Crippen molar-refractivity contribution in [1.29, 1.82) is 0 Å². The van der Waals surface area contributed by atoms with Gasteiger partial charge in [0.2, 0.25) is 5.91 Å². The smallest absolute Gasteiger partial charge is 0.224 e. The molecule has 1 atom stereocenters. The van der Waals surface area contributed by atoms with Crippen LogP contribution in [0.25, 0.3) is 0 Å². The van der Waals surface area contributed by atoms with Gasteiger partial charge >= 0.3 is 0 Å². The van der Waals surface area contributed by atoms with Crippen molar-refractivity contribution in [3.05, 3.63) is 29.8 Å². The zero-order valence-electron chi connectivity index (χ0n) is 11.1. The molecule has 1 aliphatic heterocycles. The van der Waals surface area contributed by atoms with E-state index in [-0.39, 0.29) is 12.0 Å². The zero-order valence-corrected chi connectivity index (χ0v) is 11.1. The van der Waals surface area contributed by atoms with Crippen LogP contribution in [-0.4, -0.2) is 45.5 Å². The molecule has 1 fully saturated rings. The normalized spacial score (nSPS) is 18.9. The Labute approximate surface area is 112 Å². The van der Waals surface area contributed by atoms with Crippen LogP contribution in [0.3, 0.4) is 0 Å². The highest BCUT2D eigenvalue weighted by molar-refractivity contribution is 5.79. The molecule has 5 nitrogen and oxygen atoms in total. The van der Waals surface area contributed by atoms with Gasteiger partial charge in [-0.15, -0.1) is 0 Å². The first-order valence-corrected chi connectivity index (χ1v) is 6.37. The Bertz CT molecular complexity index is 416. The average molecular weight is 265 g/mol. The number of para-hydroxylation sites is 1. The second-order valence-corrected chi connectivity index (χ2v) is 4.36. The van der Waals surface area contributed by atoms with Crippen LogP contribution in [0.4, 0.5) is 0 Å². The Balaban J connectivity index is 1.80. The molecule has 0 bridgehead atoms. The van der Waals surface area contributed by atoms with Gasteiger partial charge in [0, 0.05) is 12.1 Å². The highest BCUT2D eigenvalue weighted by Gasteiger charge is 2.15. The van der Waals surface area contributed by atoms with Crippen molar-refractivity contribution < 1.29 is 19.0 Å². The Morgan fingerprint density at radius 1 is 1.42 bits per heavy atom. The number of carbonyl (C=O) groups excluding carboxylic acids is 1. The maximum absolute atomic E-state index is 11.9. The molecule has 2 rings (SSSR count). The fourth-order valence-corrected chi connectivity index (χ4v) is 1.97. The predicted molar refractivity (Wildman–Crippen MR) is 70.3 cm³/mol. The lowest BCUT2D eigenvalue weighted by molar-refractivity contribution is -0.123. The lowest BCUT2D eigenvalue weighted by Gasteiger charge is -2.23. The molecule has 19 heavy (non-hydrogen) atoms. The van der Waals surface area contributed by atoms with Gasteiger partial charge in [-0.1, -0.05) is 18.2 Å². The van der Waals surface area contributed by atoms with Crippen LogP contribution in [0.1, 0.15) is 5.56 Å². The maximum Gasteiger partial charge on any atom is 0.224 e. The van der Waals surface area contributed by atoms with Crippen molar-refractivity contribution >= 4 is 5.91 Å². The van der Waals surface area contributed by atoms with E-state index < -0.39 is 0 Å². The van der Waals surface area contributed by atoms with E-state index in [9.17, 15) is 4.79 Å². The minimum absolute atomic E-state index is 0.0429. The first-order chi connectivity index (χ1) is 9.29. The van der Waals surface area contributed by atoms with Gasteiger partial charge in [0.15, 0.2) is 0 Å². The summed E-state index contributed by atoms with van der Waals surface area (Å²) in [6.45, 7) is 2.24. The highest BCUT2D eigenvalue weighted by atomic mass is 16.6. The third kappa shape index (κ3) is 4.22. The average Bonchev–Trinajstić information content (AvgIpc) is 2.47. The largest absolute Gasteiger partial charge is 0.496 e. The zero-order chi connectivity index (χ0) is 13.5. The molecule has 1 aromatic rings. The lowest BCUT2D eigenvalue weighted by Crippen LogP contribution is -2.40. The second-order valence-electron chi connectivity index (χ2n) is 4.36. The SMILES string of the molecule is COc1ccccc1CC(=O)NC[C@H]1COCCO1. The molecule has 0 aliphatic carbocycles. The number of ether oxygens (including phenoxy) is 3. The summed E-state index contributed by atoms with van der Waals surface area (Å²) in [4.78, 5) is 11.9. The quantitative estimate of drug-likeness (QED) is 0.854. The highest BCUT2D eigenvalue weighted by Crippen LogP contribution is 2.17. The number of hydrogen-bond donors (Lipinski definition) is 1. The standard InChI is InChI=1S/C14H19NO4/c1-17-13-5-3-2-4-11(13)8-14(16)15-9-12-10-18-6-7-19-12/h2-5,12H,6-10H2,1H3,(H,15,16)/t12-/m0/s1. The van der Waals surface area contributed by atoms with Gasteiger partial charge in [0.25, 0.3) is 0 Å². The Morgan fingerprint density at radius 2 is 2.26 bits per heavy atom. The molecular weight excluding hydrogens is 246 g/mol. The lowest BCUT2D eigenvalue weighted by atomic mass is 10.1. The van der Waals surface area contributed by atoms with Crippen LogP contribution >= 0.6 is 0 Å². The summed E-state index contributed by atoms with van der Waals surface area (Å²) in [6.07, 6.45) is 0.257. The summed E-state index contributed by atoms with van der Waals surface area (Å²) in [5.74, 6) is 0.688. The minimum atomic E-state index is -0.0460. The number of carbonyl (C=O) groups is 1. The van der Waals surface area contributed by atoms with Crippen LogP contribution in [0.2, 0.25) is 0 Å². The third-order valence-corrected chi connectivity index (χ3v) is 2.96. The molecule has 1 heterocycles. The van der Waals surface area contributed by atoms with Gasteiger partial charge in [0.1, 0.15) is 5.75 Å². The van der Waals surface area contributed by atoms with E-state index in [0.717, 1.165) is 11.3 Å². The fourth-order valence-electron chi connectivity index (χ4n) is 1.97. The molecular formula is C14H19NO4. The van der Waals surface area contributed by atoms with Gasteiger partial charge in [-0.05, 0) is 6.07 Å². The molecule has 1 amide bonds.